The zero-order valence-corrected chi connectivity index (χ0v) is 16.6. The Bertz CT molecular complexity index is 821. The molecule has 142 valence electrons. The average molecular weight is 390 g/mol. The Balaban J connectivity index is 2.37. The molecule has 1 aromatic carbocycles. The zero-order valence-electron chi connectivity index (χ0n) is 14.9. The average Bonchev–Trinajstić information content (AvgIpc) is 2.53. The molecule has 3 N–H and O–H groups in total. The number of hydrogen-bond donors (Lipinski definition) is 2. The predicted octanol–water partition coefficient (Wildman–Crippen LogP) is 1.19. The first-order chi connectivity index (χ1) is 11.4. The zero-order chi connectivity index (χ0) is 18.9. The highest BCUT2D eigenvalue weighted by Crippen LogP contribution is 2.25. The smallest absolute Gasteiger partial charge is 0.243 e. The molecule has 0 saturated carbocycles. The maximum Gasteiger partial charge on any atom is 0.243 e. The summed E-state index contributed by atoms with van der Waals surface area (Å²) >= 11 is 0. The van der Waals surface area contributed by atoms with Crippen molar-refractivity contribution >= 4 is 20.0 Å². The Morgan fingerprint density at radius 2 is 1.72 bits per heavy atom. The molecule has 7 nitrogen and oxygen atoms in total. The van der Waals surface area contributed by atoms with Crippen molar-refractivity contribution in [2.45, 2.75) is 55.4 Å². The topological polar surface area (TPSA) is 110 Å². The molecular weight excluding hydrogens is 362 g/mol. The molecule has 1 aliphatic rings. The first kappa shape index (κ1) is 20.3. The summed E-state index contributed by atoms with van der Waals surface area (Å²) in [6, 6.07) is 4.18. The van der Waals surface area contributed by atoms with Crippen molar-refractivity contribution in [3.8, 4) is 0 Å². The van der Waals surface area contributed by atoms with Crippen molar-refractivity contribution in [3.63, 3.8) is 0 Å². The molecule has 0 aliphatic carbocycles. The highest BCUT2D eigenvalue weighted by Gasteiger charge is 2.29. The van der Waals surface area contributed by atoms with Gasteiger partial charge in [-0.2, -0.15) is 4.31 Å². The SMILES string of the molecule is Cc1ccc(S(=O)(=O)NCC(C)(C)N)cc1S(=O)(=O)N1CCCCC1. The van der Waals surface area contributed by atoms with Crippen molar-refractivity contribution in [1.29, 1.82) is 0 Å². The third kappa shape index (κ3) is 5.01. The summed E-state index contributed by atoms with van der Waals surface area (Å²) < 4.78 is 54.6. The Kier molecular flexibility index (Phi) is 5.95. The van der Waals surface area contributed by atoms with Crippen LogP contribution in [0.25, 0.3) is 0 Å². The number of aryl methyl sites for hydroxylation is 1. The fourth-order valence-corrected chi connectivity index (χ4v) is 5.73. The number of hydrogen-bond acceptors (Lipinski definition) is 5. The van der Waals surface area contributed by atoms with E-state index >= 15 is 0 Å². The van der Waals surface area contributed by atoms with Gasteiger partial charge in [-0.25, -0.2) is 21.6 Å². The van der Waals surface area contributed by atoms with Crippen molar-refractivity contribution in [2.75, 3.05) is 19.6 Å². The summed E-state index contributed by atoms with van der Waals surface area (Å²) in [7, 11) is -7.54. The monoisotopic (exact) mass is 389 g/mol. The van der Waals surface area contributed by atoms with E-state index in [0.29, 0.717) is 18.7 Å². The molecule has 0 radical (unpaired) electrons. The largest absolute Gasteiger partial charge is 0.324 e. The lowest BCUT2D eigenvalue weighted by atomic mass is 10.1. The number of nitrogens with two attached hydrogens (primary N) is 1. The summed E-state index contributed by atoms with van der Waals surface area (Å²) in [6.07, 6.45) is 2.66. The van der Waals surface area contributed by atoms with E-state index in [2.05, 4.69) is 4.72 Å². The van der Waals surface area contributed by atoms with Gasteiger partial charge in [0.15, 0.2) is 0 Å². The van der Waals surface area contributed by atoms with Gasteiger partial charge >= 0.3 is 0 Å². The third-order valence-corrected chi connectivity index (χ3v) is 7.56. The van der Waals surface area contributed by atoms with Gasteiger partial charge in [0.25, 0.3) is 0 Å². The van der Waals surface area contributed by atoms with Crippen molar-refractivity contribution < 1.29 is 16.8 Å². The van der Waals surface area contributed by atoms with Gasteiger partial charge in [-0.05, 0) is 51.3 Å². The van der Waals surface area contributed by atoms with Crippen LogP contribution in [0.4, 0.5) is 0 Å². The lowest BCUT2D eigenvalue weighted by Gasteiger charge is -2.26. The van der Waals surface area contributed by atoms with Gasteiger partial charge < -0.3 is 5.73 Å². The quantitative estimate of drug-likeness (QED) is 0.759. The number of benzene rings is 1. The van der Waals surface area contributed by atoms with Crippen molar-refractivity contribution in [2.24, 2.45) is 5.73 Å². The van der Waals surface area contributed by atoms with Crippen LogP contribution in [0, 0.1) is 6.92 Å². The van der Waals surface area contributed by atoms with Gasteiger partial charge in [0, 0.05) is 25.2 Å². The van der Waals surface area contributed by atoms with Crippen LogP contribution in [0.3, 0.4) is 0 Å². The maximum absolute atomic E-state index is 12.9. The number of rotatable bonds is 6. The van der Waals surface area contributed by atoms with E-state index in [4.69, 9.17) is 5.73 Å². The minimum absolute atomic E-state index is 0.0456. The van der Waals surface area contributed by atoms with Crippen LogP contribution in [0.5, 0.6) is 0 Å². The van der Waals surface area contributed by atoms with E-state index < -0.39 is 25.6 Å². The van der Waals surface area contributed by atoms with Gasteiger partial charge in [0.1, 0.15) is 0 Å². The highest BCUT2D eigenvalue weighted by atomic mass is 32.2. The van der Waals surface area contributed by atoms with Crippen molar-refractivity contribution in [3.05, 3.63) is 23.8 Å². The fourth-order valence-electron chi connectivity index (χ4n) is 2.63. The molecule has 1 heterocycles. The Morgan fingerprint density at radius 3 is 2.28 bits per heavy atom. The van der Waals surface area contributed by atoms with Crippen LogP contribution in [-0.4, -0.2) is 46.3 Å². The van der Waals surface area contributed by atoms with Crippen LogP contribution in [0.1, 0.15) is 38.7 Å². The molecule has 0 amide bonds. The van der Waals surface area contributed by atoms with Crippen LogP contribution in [0.2, 0.25) is 0 Å². The maximum atomic E-state index is 12.9. The predicted molar refractivity (Wildman–Crippen MR) is 97.2 cm³/mol. The minimum Gasteiger partial charge on any atom is -0.324 e. The van der Waals surface area contributed by atoms with Gasteiger partial charge in [-0.15, -0.1) is 0 Å². The molecule has 0 atom stereocenters. The molecular formula is C16H27N3O4S2. The summed E-state index contributed by atoms with van der Waals surface area (Å²) in [4.78, 5) is -0.0257. The van der Waals surface area contributed by atoms with E-state index in [-0.39, 0.29) is 16.3 Å². The number of sulfonamides is 2. The fraction of sp³-hybridized carbons (Fsp3) is 0.625. The van der Waals surface area contributed by atoms with Gasteiger partial charge in [-0.1, -0.05) is 12.5 Å². The highest BCUT2D eigenvalue weighted by molar-refractivity contribution is 7.90. The number of piperidine rings is 1. The van der Waals surface area contributed by atoms with E-state index in [0.717, 1.165) is 19.3 Å². The van der Waals surface area contributed by atoms with Crippen LogP contribution < -0.4 is 10.5 Å². The minimum atomic E-state index is -3.84. The first-order valence-electron chi connectivity index (χ1n) is 8.33. The Hall–Kier alpha value is -1.00. The van der Waals surface area contributed by atoms with Gasteiger partial charge in [0.2, 0.25) is 20.0 Å². The first-order valence-corrected chi connectivity index (χ1v) is 11.3. The lowest BCUT2D eigenvalue weighted by molar-refractivity contribution is 0.346. The van der Waals surface area contributed by atoms with Crippen LogP contribution >= 0.6 is 0 Å². The van der Waals surface area contributed by atoms with Gasteiger partial charge in [-0.3, -0.25) is 0 Å². The second-order valence-corrected chi connectivity index (χ2v) is 10.9. The van der Waals surface area contributed by atoms with Crippen molar-refractivity contribution in [1.82, 2.24) is 9.03 Å². The molecule has 0 aromatic heterocycles. The number of nitrogens with zero attached hydrogens (tertiary/aromatic N) is 1. The second-order valence-electron chi connectivity index (χ2n) is 7.21. The standard InChI is InChI=1S/C16H27N3O4S2/c1-13-7-8-14(24(20,21)18-12-16(2,3)17)11-15(13)25(22,23)19-9-5-4-6-10-19/h7-8,11,18H,4-6,9-10,12,17H2,1-3H3. The molecule has 1 aliphatic heterocycles. The molecule has 25 heavy (non-hydrogen) atoms. The van der Waals surface area contributed by atoms with Crippen LogP contribution in [0.15, 0.2) is 28.0 Å². The molecule has 1 saturated heterocycles. The molecule has 0 bridgehead atoms. The van der Waals surface area contributed by atoms with E-state index in [9.17, 15) is 16.8 Å². The van der Waals surface area contributed by atoms with E-state index in [1.54, 1.807) is 20.8 Å². The van der Waals surface area contributed by atoms with Gasteiger partial charge in [0.05, 0.1) is 9.79 Å². The normalized spacial score (nSPS) is 17.6. The number of nitrogens with one attached hydrogen (secondary N) is 1. The summed E-state index contributed by atoms with van der Waals surface area (Å²) in [5, 5.41) is 0. The second kappa shape index (κ2) is 7.32. The Morgan fingerprint density at radius 1 is 1.12 bits per heavy atom. The molecule has 0 unspecified atom stereocenters. The third-order valence-electron chi connectivity index (χ3n) is 4.12. The lowest BCUT2D eigenvalue weighted by Crippen LogP contribution is -2.45. The summed E-state index contributed by atoms with van der Waals surface area (Å²) in [5.41, 5.74) is 5.64. The summed E-state index contributed by atoms with van der Waals surface area (Å²) in [6.45, 7) is 6.08. The Labute approximate surface area is 150 Å². The van der Waals surface area contributed by atoms with E-state index in [1.807, 2.05) is 0 Å². The van der Waals surface area contributed by atoms with E-state index in [1.165, 1.54) is 22.5 Å². The summed E-state index contributed by atoms with van der Waals surface area (Å²) in [5.74, 6) is 0. The molecule has 0 spiro atoms. The molecule has 1 aromatic rings. The molecule has 1 fully saturated rings. The molecule has 2 rings (SSSR count). The molecule has 9 heteroatoms. The van der Waals surface area contributed by atoms with Crippen LogP contribution in [-0.2, 0) is 20.0 Å².